The van der Waals surface area contributed by atoms with Crippen LogP contribution >= 0.6 is 0 Å². The second-order valence-electron chi connectivity index (χ2n) is 5.74. The SMILES string of the molecule is COCC1(C(C)C)CCNCC1c1ccccc1. The molecule has 1 heterocycles. The van der Waals surface area contributed by atoms with Gasteiger partial charge in [0.1, 0.15) is 0 Å². The predicted molar refractivity (Wildman–Crippen MR) is 75.8 cm³/mol. The van der Waals surface area contributed by atoms with Gasteiger partial charge in [-0.3, -0.25) is 0 Å². The van der Waals surface area contributed by atoms with E-state index in [0.717, 1.165) is 19.7 Å². The highest BCUT2D eigenvalue weighted by molar-refractivity contribution is 5.24. The molecule has 0 saturated carbocycles. The molecule has 100 valence electrons. The van der Waals surface area contributed by atoms with E-state index in [0.29, 0.717) is 11.8 Å². The zero-order valence-electron chi connectivity index (χ0n) is 11.8. The fourth-order valence-electron chi connectivity index (χ4n) is 3.38. The fourth-order valence-corrected chi connectivity index (χ4v) is 3.38. The molecule has 0 radical (unpaired) electrons. The van der Waals surface area contributed by atoms with E-state index in [2.05, 4.69) is 49.5 Å². The van der Waals surface area contributed by atoms with Gasteiger partial charge in [-0.1, -0.05) is 44.2 Å². The van der Waals surface area contributed by atoms with E-state index in [9.17, 15) is 0 Å². The van der Waals surface area contributed by atoms with Crippen LogP contribution < -0.4 is 5.32 Å². The van der Waals surface area contributed by atoms with Gasteiger partial charge in [0.05, 0.1) is 6.61 Å². The summed E-state index contributed by atoms with van der Waals surface area (Å²) in [6.45, 7) is 7.68. The molecule has 1 saturated heterocycles. The first kappa shape index (κ1) is 13.6. The van der Waals surface area contributed by atoms with Gasteiger partial charge in [0, 0.05) is 25.0 Å². The molecule has 1 aliphatic rings. The Morgan fingerprint density at radius 2 is 2.06 bits per heavy atom. The maximum atomic E-state index is 5.57. The van der Waals surface area contributed by atoms with Crippen molar-refractivity contribution in [3.63, 3.8) is 0 Å². The van der Waals surface area contributed by atoms with Gasteiger partial charge in [-0.15, -0.1) is 0 Å². The van der Waals surface area contributed by atoms with Crippen molar-refractivity contribution in [2.24, 2.45) is 11.3 Å². The van der Waals surface area contributed by atoms with Crippen LogP contribution in [0.3, 0.4) is 0 Å². The Morgan fingerprint density at radius 3 is 2.67 bits per heavy atom. The molecule has 2 nitrogen and oxygen atoms in total. The lowest BCUT2D eigenvalue weighted by Crippen LogP contribution is -2.49. The Morgan fingerprint density at radius 1 is 1.33 bits per heavy atom. The monoisotopic (exact) mass is 247 g/mol. The van der Waals surface area contributed by atoms with Crippen LogP contribution in [0, 0.1) is 11.3 Å². The lowest BCUT2D eigenvalue weighted by molar-refractivity contribution is -0.00000236. The molecular weight excluding hydrogens is 222 g/mol. The van der Waals surface area contributed by atoms with E-state index in [-0.39, 0.29) is 5.41 Å². The minimum atomic E-state index is 0.265. The van der Waals surface area contributed by atoms with Crippen LogP contribution in [-0.4, -0.2) is 26.8 Å². The van der Waals surface area contributed by atoms with Gasteiger partial charge in [0.25, 0.3) is 0 Å². The highest BCUT2D eigenvalue weighted by Crippen LogP contribution is 2.46. The average molecular weight is 247 g/mol. The second kappa shape index (κ2) is 5.85. The summed E-state index contributed by atoms with van der Waals surface area (Å²) in [5.74, 6) is 1.18. The van der Waals surface area contributed by atoms with Crippen LogP contribution in [0.25, 0.3) is 0 Å². The lowest BCUT2D eigenvalue weighted by Gasteiger charge is -2.47. The number of hydrogen-bond acceptors (Lipinski definition) is 2. The molecule has 1 aliphatic heterocycles. The first-order valence-electron chi connectivity index (χ1n) is 6.95. The summed E-state index contributed by atoms with van der Waals surface area (Å²) in [6, 6.07) is 10.9. The fraction of sp³-hybridized carbons (Fsp3) is 0.625. The van der Waals surface area contributed by atoms with Crippen LogP contribution in [0.4, 0.5) is 0 Å². The van der Waals surface area contributed by atoms with Gasteiger partial charge in [0.15, 0.2) is 0 Å². The Hall–Kier alpha value is -0.860. The first-order valence-corrected chi connectivity index (χ1v) is 6.95. The smallest absolute Gasteiger partial charge is 0.0527 e. The van der Waals surface area contributed by atoms with Crippen LogP contribution in [0.15, 0.2) is 30.3 Å². The Bertz CT molecular complexity index is 359. The number of benzene rings is 1. The summed E-state index contributed by atoms with van der Waals surface area (Å²) in [5, 5.41) is 3.55. The normalized spacial score (nSPS) is 28.6. The number of nitrogens with one attached hydrogen (secondary N) is 1. The van der Waals surface area contributed by atoms with Crippen molar-refractivity contribution in [1.29, 1.82) is 0 Å². The molecule has 0 bridgehead atoms. The van der Waals surface area contributed by atoms with Gasteiger partial charge in [-0.2, -0.15) is 0 Å². The first-order chi connectivity index (χ1) is 8.70. The van der Waals surface area contributed by atoms with Gasteiger partial charge in [0.2, 0.25) is 0 Å². The maximum absolute atomic E-state index is 5.57. The number of ether oxygens (including phenoxy) is 1. The number of piperidine rings is 1. The summed E-state index contributed by atoms with van der Waals surface area (Å²) in [5.41, 5.74) is 1.71. The predicted octanol–water partition coefficient (Wildman–Crippen LogP) is 3.05. The van der Waals surface area contributed by atoms with Crippen molar-refractivity contribution in [2.75, 3.05) is 26.8 Å². The van der Waals surface area contributed by atoms with Crippen LogP contribution in [-0.2, 0) is 4.74 Å². The Labute approximate surface area is 111 Å². The van der Waals surface area contributed by atoms with E-state index in [1.165, 1.54) is 12.0 Å². The molecule has 2 atom stereocenters. The minimum absolute atomic E-state index is 0.265. The number of methoxy groups -OCH3 is 1. The standard InChI is InChI=1S/C16H25NO/c1-13(2)16(12-18-3)9-10-17-11-15(16)14-7-5-4-6-8-14/h4-8,13,15,17H,9-12H2,1-3H3. The third-order valence-electron chi connectivity index (χ3n) is 4.57. The third-order valence-corrected chi connectivity index (χ3v) is 4.57. The van der Waals surface area contributed by atoms with Gasteiger partial charge >= 0.3 is 0 Å². The van der Waals surface area contributed by atoms with Crippen LogP contribution in [0.2, 0.25) is 0 Å². The van der Waals surface area contributed by atoms with E-state index < -0.39 is 0 Å². The molecule has 1 N–H and O–H groups in total. The molecule has 0 aliphatic carbocycles. The molecule has 1 aromatic rings. The third kappa shape index (κ3) is 2.45. The molecule has 1 fully saturated rings. The van der Waals surface area contributed by atoms with Gasteiger partial charge in [-0.25, -0.2) is 0 Å². The highest BCUT2D eigenvalue weighted by Gasteiger charge is 2.43. The maximum Gasteiger partial charge on any atom is 0.0527 e. The summed E-state index contributed by atoms with van der Waals surface area (Å²) in [7, 11) is 1.83. The van der Waals surface area contributed by atoms with Crippen molar-refractivity contribution in [2.45, 2.75) is 26.2 Å². The molecule has 0 amide bonds. The molecule has 0 spiro atoms. The molecule has 2 heteroatoms. The Kier molecular flexibility index (Phi) is 4.41. The molecule has 18 heavy (non-hydrogen) atoms. The minimum Gasteiger partial charge on any atom is -0.384 e. The summed E-state index contributed by atoms with van der Waals surface area (Å²) in [6.07, 6.45) is 1.19. The average Bonchev–Trinajstić information content (AvgIpc) is 2.40. The topological polar surface area (TPSA) is 21.3 Å². The van der Waals surface area contributed by atoms with E-state index in [4.69, 9.17) is 4.74 Å². The largest absolute Gasteiger partial charge is 0.384 e. The molecular formula is C16H25NO. The van der Waals surface area contributed by atoms with Crippen molar-refractivity contribution in [3.05, 3.63) is 35.9 Å². The number of hydrogen-bond donors (Lipinski definition) is 1. The van der Waals surface area contributed by atoms with Crippen LogP contribution in [0.5, 0.6) is 0 Å². The van der Waals surface area contributed by atoms with E-state index in [1.54, 1.807) is 0 Å². The van der Waals surface area contributed by atoms with E-state index >= 15 is 0 Å². The Balaban J connectivity index is 2.34. The molecule has 1 aromatic carbocycles. The van der Waals surface area contributed by atoms with Crippen molar-refractivity contribution < 1.29 is 4.74 Å². The van der Waals surface area contributed by atoms with Gasteiger partial charge in [-0.05, 0) is 24.4 Å². The van der Waals surface area contributed by atoms with Gasteiger partial charge < -0.3 is 10.1 Å². The molecule has 2 rings (SSSR count). The summed E-state index contributed by atoms with van der Waals surface area (Å²) >= 11 is 0. The van der Waals surface area contributed by atoms with E-state index in [1.807, 2.05) is 7.11 Å². The van der Waals surface area contributed by atoms with Crippen molar-refractivity contribution in [1.82, 2.24) is 5.32 Å². The zero-order valence-corrected chi connectivity index (χ0v) is 11.8. The zero-order chi connectivity index (χ0) is 13.0. The summed E-state index contributed by atoms with van der Waals surface area (Å²) in [4.78, 5) is 0. The quantitative estimate of drug-likeness (QED) is 0.883. The summed E-state index contributed by atoms with van der Waals surface area (Å²) < 4.78 is 5.57. The van der Waals surface area contributed by atoms with Crippen molar-refractivity contribution >= 4 is 0 Å². The number of rotatable bonds is 4. The van der Waals surface area contributed by atoms with Crippen LogP contribution in [0.1, 0.15) is 31.7 Å². The second-order valence-corrected chi connectivity index (χ2v) is 5.74. The molecule has 2 unspecified atom stereocenters. The van der Waals surface area contributed by atoms with Crippen molar-refractivity contribution in [3.8, 4) is 0 Å². The highest BCUT2D eigenvalue weighted by atomic mass is 16.5. The molecule has 0 aromatic heterocycles. The lowest BCUT2D eigenvalue weighted by atomic mass is 9.62.